The lowest BCUT2D eigenvalue weighted by molar-refractivity contribution is -0.501. The molecule has 140 valence electrons. The standard InChI is InChI=1S/C16H20ClN5O4/c1-4-11(10-5-6-13(17)18-8-10)20-16-12(22(24)25)9-19-14(21(16)2)7-15(23)26-3/h5-6,8,11-12H,4,7,9H2,1-3H3. The van der Waals surface area contributed by atoms with E-state index in [0.29, 0.717) is 17.4 Å². The summed E-state index contributed by atoms with van der Waals surface area (Å²) in [4.78, 5) is 36.9. The monoisotopic (exact) mass is 381 g/mol. The maximum Gasteiger partial charge on any atom is 0.313 e. The van der Waals surface area contributed by atoms with Gasteiger partial charge in [-0.05, 0) is 18.1 Å². The van der Waals surface area contributed by atoms with E-state index in [1.54, 1.807) is 25.4 Å². The van der Waals surface area contributed by atoms with Crippen LogP contribution in [0.3, 0.4) is 0 Å². The number of esters is 1. The molecule has 0 N–H and O–H groups in total. The quantitative estimate of drug-likeness (QED) is 0.323. The fourth-order valence-electron chi connectivity index (χ4n) is 2.59. The molecule has 0 saturated heterocycles. The largest absolute Gasteiger partial charge is 0.469 e. The second-order valence-corrected chi connectivity index (χ2v) is 6.08. The van der Waals surface area contributed by atoms with Crippen LogP contribution in [0.2, 0.25) is 5.15 Å². The number of amidine groups is 2. The number of ether oxygens (including phenoxy) is 1. The molecule has 0 amide bonds. The molecule has 1 aromatic rings. The number of methoxy groups -OCH3 is 1. The number of rotatable bonds is 6. The number of aromatic nitrogens is 1. The van der Waals surface area contributed by atoms with Crippen molar-refractivity contribution in [1.82, 2.24) is 9.88 Å². The van der Waals surface area contributed by atoms with Crippen LogP contribution < -0.4 is 0 Å². The summed E-state index contributed by atoms with van der Waals surface area (Å²) in [6.45, 7) is 1.86. The predicted molar refractivity (Wildman–Crippen MR) is 97.2 cm³/mol. The number of nitrogens with zero attached hydrogens (tertiary/aromatic N) is 5. The summed E-state index contributed by atoms with van der Waals surface area (Å²) < 4.78 is 4.65. The Bertz CT molecular complexity index is 735. The molecule has 9 nitrogen and oxygen atoms in total. The van der Waals surface area contributed by atoms with Crippen molar-refractivity contribution in [3.63, 3.8) is 0 Å². The minimum absolute atomic E-state index is 0.0716. The Morgan fingerprint density at radius 1 is 1.58 bits per heavy atom. The Kier molecular flexibility index (Phi) is 6.62. The van der Waals surface area contributed by atoms with Gasteiger partial charge in [-0.1, -0.05) is 24.6 Å². The number of hydrogen-bond donors (Lipinski definition) is 0. The highest BCUT2D eigenvalue weighted by atomic mass is 35.5. The first-order valence-electron chi connectivity index (χ1n) is 8.03. The second kappa shape index (κ2) is 8.70. The molecule has 0 aromatic carbocycles. The van der Waals surface area contributed by atoms with Gasteiger partial charge in [-0.25, -0.2) is 4.98 Å². The van der Waals surface area contributed by atoms with E-state index in [1.165, 1.54) is 12.0 Å². The third kappa shape index (κ3) is 4.54. The zero-order valence-corrected chi connectivity index (χ0v) is 15.5. The predicted octanol–water partition coefficient (Wildman–Crippen LogP) is 2.14. The van der Waals surface area contributed by atoms with Crippen LogP contribution in [0, 0.1) is 10.1 Å². The molecule has 0 bridgehead atoms. The van der Waals surface area contributed by atoms with Crippen LogP contribution >= 0.6 is 11.6 Å². The van der Waals surface area contributed by atoms with Gasteiger partial charge in [0.2, 0.25) is 0 Å². The number of carbonyl (C=O) groups excluding carboxylic acids is 1. The van der Waals surface area contributed by atoms with Crippen molar-refractivity contribution < 1.29 is 14.5 Å². The smallest absolute Gasteiger partial charge is 0.313 e. The number of hydrogen-bond acceptors (Lipinski definition) is 7. The van der Waals surface area contributed by atoms with Crippen molar-refractivity contribution in [2.45, 2.75) is 31.8 Å². The molecule has 10 heteroatoms. The van der Waals surface area contributed by atoms with E-state index >= 15 is 0 Å². The summed E-state index contributed by atoms with van der Waals surface area (Å²) in [5, 5.41) is 11.8. The molecular weight excluding hydrogens is 362 g/mol. The van der Waals surface area contributed by atoms with Crippen molar-refractivity contribution >= 4 is 29.2 Å². The first-order valence-corrected chi connectivity index (χ1v) is 8.41. The Labute approximate surface area is 155 Å². The Morgan fingerprint density at radius 3 is 2.85 bits per heavy atom. The van der Waals surface area contributed by atoms with Crippen LogP contribution in [0.4, 0.5) is 0 Å². The molecule has 0 aliphatic carbocycles. The lowest BCUT2D eigenvalue weighted by Gasteiger charge is -2.29. The van der Waals surface area contributed by atoms with E-state index in [-0.39, 0.29) is 24.8 Å². The van der Waals surface area contributed by atoms with E-state index in [0.717, 1.165) is 5.56 Å². The van der Waals surface area contributed by atoms with Crippen LogP contribution in [0.1, 0.15) is 31.4 Å². The summed E-state index contributed by atoms with van der Waals surface area (Å²) >= 11 is 5.82. The summed E-state index contributed by atoms with van der Waals surface area (Å²) in [5.74, 6) is 0.173. The normalized spacial score (nSPS) is 19.8. The molecule has 1 aromatic heterocycles. The van der Waals surface area contributed by atoms with Gasteiger partial charge >= 0.3 is 5.97 Å². The lowest BCUT2D eigenvalue weighted by atomic mass is 10.1. The highest BCUT2D eigenvalue weighted by Crippen LogP contribution is 2.24. The van der Waals surface area contributed by atoms with Gasteiger partial charge in [-0.2, -0.15) is 0 Å². The van der Waals surface area contributed by atoms with Gasteiger partial charge < -0.3 is 9.64 Å². The van der Waals surface area contributed by atoms with E-state index in [2.05, 4.69) is 19.7 Å². The van der Waals surface area contributed by atoms with Gasteiger partial charge in [0.1, 0.15) is 24.0 Å². The Morgan fingerprint density at radius 2 is 2.31 bits per heavy atom. The van der Waals surface area contributed by atoms with Crippen molar-refractivity contribution in [1.29, 1.82) is 0 Å². The minimum Gasteiger partial charge on any atom is -0.469 e. The zero-order chi connectivity index (χ0) is 19.3. The van der Waals surface area contributed by atoms with Gasteiger partial charge in [0, 0.05) is 18.2 Å². The highest BCUT2D eigenvalue weighted by Gasteiger charge is 2.37. The molecule has 2 heterocycles. The Balaban J connectivity index is 2.38. The molecular formula is C16H20ClN5O4. The van der Waals surface area contributed by atoms with Crippen LogP contribution in [0.25, 0.3) is 0 Å². The first-order chi connectivity index (χ1) is 12.4. The number of carbonyl (C=O) groups is 1. The summed E-state index contributed by atoms with van der Waals surface area (Å²) in [6, 6.07) is 2.05. The fourth-order valence-corrected chi connectivity index (χ4v) is 2.70. The number of halogens is 1. The summed E-state index contributed by atoms with van der Waals surface area (Å²) in [6.07, 6.45) is 2.15. The topological polar surface area (TPSA) is 110 Å². The third-order valence-corrected chi connectivity index (χ3v) is 4.29. The van der Waals surface area contributed by atoms with E-state index in [1.807, 2.05) is 6.92 Å². The summed E-state index contributed by atoms with van der Waals surface area (Å²) in [5.41, 5.74) is 0.803. The number of nitro groups is 1. The third-order valence-electron chi connectivity index (χ3n) is 4.07. The van der Waals surface area contributed by atoms with Gasteiger partial charge in [0.25, 0.3) is 6.04 Å². The van der Waals surface area contributed by atoms with Gasteiger partial charge in [0.15, 0.2) is 5.84 Å². The van der Waals surface area contributed by atoms with Gasteiger partial charge in [-0.3, -0.25) is 24.9 Å². The molecule has 0 spiro atoms. The molecule has 0 radical (unpaired) electrons. The highest BCUT2D eigenvalue weighted by molar-refractivity contribution is 6.29. The number of likely N-dealkylation sites (N-methyl/N-ethyl adjacent to an activating group) is 1. The van der Waals surface area contributed by atoms with Crippen LogP contribution in [-0.2, 0) is 9.53 Å². The lowest BCUT2D eigenvalue weighted by Crippen LogP contribution is -2.50. The van der Waals surface area contributed by atoms with Crippen LogP contribution in [-0.4, -0.2) is 59.2 Å². The average molecular weight is 382 g/mol. The van der Waals surface area contributed by atoms with Crippen molar-refractivity contribution in [3.8, 4) is 0 Å². The average Bonchev–Trinajstić information content (AvgIpc) is 2.62. The van der Waals surface area contributed by atoms with Gasteiger partial charge in [-0.15, -0.1) is 0 Å². The number of aliphatic imine (C=N–C) groups is 2. The maximum absolute atomic E-state index is 11.6. The van der Waals surface area contributed by atoms with Crippen LogP contribution in [0.15, 0.2) is 28.3 Å². The van der Waals surface area contributed by atoms with Crippen molar-refractivity contribution in [2.75, 3.05) is 20.7 Å². The summed E-state index contributed by atoms with van der Waals surface area (Å²) in [7, 11) is 2.89. The first kappa shape index (κ1) is 19.8. The van der Waals surface area contributed by atoms with Crippen LogP contribution in [0.5, 0.6) is 0 Å². The molecule has 2 unspecified atom stereocenters. The Hall–Kier alpha value is -2.55. The van der Waals surface area contributed by atoms with E-state index in [9.17, 15) is 14.9 Å². The zero-order valence-electron chi connectivity index (χ0n) is 14.8. The van der Waals surface area contributed by atoms with Crippen molar-refractivity contribution in [2.24, 2.45) is 9.98 Å². The molecule has 1 aliphatic heterocycles. The fraction of sp³-hybridized carbons (Fsp3) is 0.500. The van der Waals surface area contributed by atoms with Crippen molar-refractivity contribution in [3.05, 3.63) is 39.2 Å². The molecule has 0 fully saturated rings. The molecule has 2 rings (SSSR count). The molecule has 0 saturated carbocycles. The molecule has 2 atom stereocenters. The molecule has 26 heavy (non-hydrogen) atoms. The molecule has 1 aliphatic rings. The van der Waals surface area contributed by atoms with E-state index < -0.39 is 16.9 Å². The second-order valence-electron chi connectivity index (χ2n) is 5.70. The minimum atomic E-state index is -1.07. The van der Waals surface area contributed by atoms with Gasteiger partial charge in [0.05, 0.1) is 13.2 Å². The number of pyridine rings is 1. The maximum atomic E-state index is 11.6. The van der Waals surface area contributed by atoms with E-state index in [4.69, 9.17) is 11.6 Å². The SMILES string of the molecule is CCC(N=C1C([N+](=O)[O-])CN=C(CC(=O)OC)N1C)c1ccc(Cl)nc1.